The molecule has 0 spiro atoms. The van der Waals surface area contributed by atoms with Gasteiger partial charge in [0.25, 0.3) is 0 Å². The molecule has 5 nitrogen and oxygen atoms in total. The van der Waals surface area contributed by atoms with Crippen LogP contribution in [0.5, 0.6) is 0 Å². The largest absolute Gasteiger partial charge is 0.368 e. The van der Waals surface area contributed by atoms with E-state index >= 15 is 0 Å². The average Bonchev–Trinajstić information content (AvgIpc) is 2.29. The van der Waals surface area contributed by atoms with Crippen LogP contribution in [-0.4, -0.2) is 23.3 Å². The molecule has 1 rings (SSSR count). The maximum absolute atomic E-state index is 10.9. The van der Waals surface area contributed by atoms with Gasteiger partial charge in [-0.25, -0.2) is 0 Å². The van der Waals surface area contributed by atoms with Crippen LogP contribution in [0.1, 0.15) is 12.0 Å². The van der Waals surface area contributed by atoms with E-state index in [1.54, 1.807) is 18.5 Å². The van der Waals surface area contributed by atoms with Gasteiger partial charge in [0.05, 0.1) is 0 Å². The number of amides is 2. The first kappa shape index (κ1) is 11.9. The summed E-state index contributed by atoms with van der Waals surface area (Å²) >= 11 is 0. The summed E-state index contributed by atoms with van der Waals surface area (Å²) in [7, 11) is 0. The van der Waals surface area contributed by atoms with Gasteiger partial charge in [-0.2, -0.15) is 0 Å². The lowest BCUT2D eigenvalue weighted by Crippen LogP contribution is -2.40. The minimum Gasteiger partial charge on any atom is -0.368 e. The molecular weight excluding hydrogens is 206 g/mol. The molecule has 2 amide bonds. The van der Waals surface area contributed by atoms with Crippen LogP contribution >= 0.6 is 0 Å². The van der Waals surface area contributed by atoms with Crippen molar-refractivity contribution in [2.75, 3.05) is 0 Å². The van der Waals surface area contributed by atoms with Crippen LogP contribution in [0.4, 0.5) is 0 Å². The van der Waals surface area contributed by atoms with E-state index in [1.165, 1.54) is 0 Å². The summed E-state index contributed by atoms with van der Waals surface area (Å²) in [6.07, 6.45) is 7.81. The van der Waals surface area contributed by atoms with Crippen LogP contribution < -0.4 is 11.1 Å². The average molecular weight is 219 g/mol. The Bertz CT molecular complexity index is 376. The Morgan fingerprint density at radius 2 is 2.19 bits per heavy atom. The summed E-state index contributed by atoms with van der Waals surface area (Å²) in [5.41, 5.74) is 6.07. The number of nitrogens with zero attached hydrogens (tertiary/aromatic N) is 1. The van der Waals surface area contributed by atoms with Gasteiger partial charge in [0.1, 0.15) is 6.04 Å². The number of pyridine rings is 1. The number of primary amides is 1. The summed E-state index contributed by atoms with van der Waals surface area (Å²) in [5, 5.41) is 2.35. The second-order valence-electron chi connectivity index (χ2n) is 3.16. The van der Waals surface area contributed by atoms with E-state index in [2.05, 4.69) is 10.3 Å². The van der Waals surface area contributed by atoms with Crippen LogP contribution in [-0.2, 0) is 9.59 Å². The van der Waals surface area contributed by atoms with Crippen molar-refractivity contribution in [2.45, 2.75) is 12.5 Å². The fraction of sp³-hybridized carbons (Fsp3) is 0.182. The van der Waals surface area contributed by atoms with Crippen molar-refractivity contribution in [2.24, 2.45) is 5.73 Å². The fourth-order valence-electron chi connectivity index (χ4n) is 1.16. The Hall–Kier alpha value is -2.17. The van der Waals surface area contributed by atoms with Gasteiger partial charge in [-0.05, 0) is 24.1 Å². The monoisotopic (exact) mass is 219 g/mol. The zero-order chi connectivity index (χ0) is 11.8. The minimum atomic E-state index is -0.657. The Balaban J connectivity index is 2.52. The van der Waals surface area contributed by atoms with Crippen LogP contribution in [0.3, 0.4) is 0 Å². The molecule has 0 aromatic carbocycles. The van der Waals surface area contributed by atoms with Crippen LogP contribution in [0.15, 0.2) is 30.6 Å². The smallest absolute Gasteiger partial charge is 0.240 e. The third-order valence-corrected chi connectivity index (χ3v) is 2.00. The highest BCUT2D eigenvalue weighted by atomic mass is 16.2. The molecule has 3 N–H and O–H groups in total. The van der Waals surface area contributed by atoms with Crippen LogP contribution in [0, 0.1) is 0 Å². The van der Waals surface area contributed by atoms with Crippen LogP contribution in [0.2, 0.25) is 0 Å². The van der Waals surface area contributed by atoms with Crippen molar-refractivity contribution < 1.29 is 9.59 Å². The molecule has 84 valence electrons. The summed E-state index contributed by atoms with van der Waals surface area (Å²) < 4.78 is 0. The van der Waals surface area contributed by atoms with E-state index in [1.807, 2.05) is 18.2 Å². The maximum atomic E-state index is 10.9. The standard InChI is InChI=1S/C11H13N3O2/c12-11(16)10(14-8-15)3-1-2-9-4-6-13-7-5-9/h1-2,4-8,10H,3H2,(H2,12,16)(H,14,15). The molecule has 16 heavy (non-hydrogen) atoms. The van der Waals surface area contributed by atoms with E-state index in [0.29, 0.717) is 12.8 Å². The van der Waals surface area contributed by atoms with E-state index < -0.39 is 11.9 Å². The lowest BCUT2D eigenvalue weighted by Gasteiger charge is -2.08. The van der Waals surface area contributed by atoms with Gasteiger partial charge in [0.2, 0.25) is 12.3 Å². The fourth-order valence-corrected chi connectivity index (χ4v) is 1.16. The predicted molar refractivity (Wildman–Crippen MR) is 60.1 cm³/mol. The van der Waals surface area contributed by atoms with Crippen molar-refractivity contribution in [3.8, 4) is 0 Å². The third-order valence-electron chi connectivity index (χ3n) is 2.00. The number of nitrogens with two attached hydrogens (primary N) is 1. The normalized spacial score (nSPS) is 12.2. The molecule has 1 atom stereocenters. The number of hydrogen-bond donors (Lipinski definition) is 2. The first-order valence-electron chi connectivity index (χ1n) is 4.79. The molecule has 0 aliphatic carbocycles. The maximum Gasteiger partial charge on any atom is 0.240 e. The lowest BCUT2D eigenvalue weighted by atomic mass is 10.1. The number of carbonyl (C=O) groups is 2. The Labute approximate surface area is 93.4 Å². The van der Waals surface area contributed by atoms with Gasteiger partial charge < -0.3 is 11.1 Å². The SMILES string of the molecule is NC(=O)C(CC=Cc1ccncc1)NC=O. The molecule has 0 radical (unpaired) electrons. The van der Waals surface area contributed by atoms with Gasteiger partial charge >= 0.3 is 0 Å². The number of aromatic nitrogens is 1. The highest BCUT2D eigenvalue weighted by Crippen LogP contribution is 2.01. The topological polar surface area (TPSA) is 85.1 Å². The number of rotatable bonds is 6. The quantitative estimate of drug-likeness (QED) is 0.665. The van der Waals surface area contributed by atoms with Crippen LogP contribution in [0.25, 0.3) is 6.08 Å². The highest BCUT2D eigenvalue weighted by Gasteiger charge is 2.10. The zero-order valence-corrected chi connectivity index (χ0v) is 8.67. The number of hydrogen-bond acceptors (Lipinski definition) is 3. The lowest BCUT2D eigenvalue weighted by molar-refractivity contribution is -0.122. The third kappa shape index (κ3) is 3.91. The molecule has 0 aliphatic heterocycles. The predicted octanol–water partition coefficient (Wildman–Crippen LogP) is 0.0848. The van der Waals surface area contributed by atoms with E-state index in [9.17, 15) is 9.59 Å². The van der Waals surface area contributed by atoms with E-state index in [0.717, 1.165) is 5.56 Å². The highest BCUT2D eigenvalue weighted by molar-refractivity contribution is 5.82. The second-order valence-corrected chi connectivity index (χ2v) is 3.16. The molecule has 0 saturated heterocycles. The molecule has 5 heteroatoms. The van der Waals surface area contributed by atoms with Crippen molar-refractivity contribution in [1.29, 1.82) is 0 Å². The molecule has 1 unspecified atom stereocenters. The van der Waals surface area contributed by atoms with Gasteiger partial charge in [-0.1, -0.05) is 12.2 Å². The van der Waals surface area contributed by atoms with Crippen molar-refractivity contribution in [3.63, 3.8) is 0 Å². The number of carbonyl (C=O) groups excluding carboxylic acids is 2. The van der Waals surface area contributed by atoms with Gasteiger partial charge in [0, 0.05) is 12.4 Å². The Morgan fingerprint density at radius 1 is 1.50 bits per heavy atom. The van der Waals surface area contributed by atoms with Gasteiger partial charge in [-0.15, -0.1) is 0 Å². The van der Waals surface area contributed by atoms with E-state index in [-0.39, 0.29) is 0 Å². The van der Waals surface area contributed by atoms with Gasteiger partial charge in [0.15, 0.2) is 0 Å². The van der Waals surface area contributed by atoms with Crippen molar-refractivity contribution in [3.05, 3.63) is 36.2 Å². The summed E-state index contributed by atoms with van der Waals surface area (Å²) in [6, 6.07) is 3.02. The molecule has 1 aromatic heterocycles. The van der Waals surface area contributed by atoms with Gasteiger partial charge in [-0.3, -0.25) is 14.6 Å². The molecule has 0 fully saturated rings. The molecule has 0 aliphatic rings. The molecule has 1 heterocycles. The summed E-state index contributed by atoms with van der Waals surface area (Å²) in [5.74, 6) is -0.550. The second kappa shape index (κ2) is 6.34. The van der Waals surface area contributed by atoms with E-state index in [4.69, 9.17) is 5.73 Å². The Morgan fingerprint density at radius 3 is 2.75 bits per heavy atom. The molecule has 0 bridgehead atoms. The van der Waals surface area contributed by atoms with Crippen molar-refractivity contribution in [1.82, 2.24) is 10.3 Å². The summed E-state index contributed by atoms with van der Waals surface area (Å²) in [4.78, 5) is 25.0. The first-order chi connectivity index (χ1) is 7.74. The molecule has 0 saturated carbocycles. The first-order valence-corrected chi connectivity index (χ1v) is 4.79. The van der Waals surface area contributed by atoms with Crippen molar-refractivity contribution >= 4 is 18.4 Å². The molecular formula is C11H13N3O2. The minimum absolute atomic E-state index is 0.371. The summed E-state index contributed by atoms with van der Waals surface area (Å²) in [6.45, 7) is 0. The Kier molecular flexibility index (Phi) is 4.72. The molecule has 1 aromatic rings. The number of nitrogens with one attached hydrogen (secondary N) is 1. The zero-order valence-electron chi connectivity index (χ0n) is 8.67.